The van der Waals surface area contributed by atoms with Gasteiger partial charge in [0.05, 0.1) is 11.6 Å². The Morgan fingerprint density at radius 3 is 2.16 bits per heavy atom. The predicted molar refractivity (Wildman–Crippen MR) is 124 cm³/mol. The van der Waals surface area contributed by atoms with Gasteiger partial charge in [0, 0.05) is 12.1 Å². The molecule has 0 bridgehead atoms. The van der Waals surface area contributed by atoms with Crippen molar-refractivity contribution in [3.8, 4) is 5.75 Å². The topological polar surface area (TPSA) is 77.8 Å². The summed E-state index contributed by atoms with van der Waals surface area (Å²) in [6.07, 6.45) is 1.55. The first kappa shape index (κ1) is 21.4. The number of carbonyl (C=O) groups excluding carboxylic acids is 2. The van der Waals surface area contributed by atoms with E-state index in [0.717, 1.165) is 17.5 Å². The third kappa shape index (κ3) is 4.14. The molecule has 3 aromatic carbocycles. The van der Waals surface area contributed by atoms with Gasteiger partial charge in [-0.1, -0.05) is 61.5 Å². The molecule has 1 aliphatic heterocycles. The van der Waals surface area contributed by atoms with E-state index in [1.54, 1.807) is 12.1 Å². The van der Waals surface area contributed by atoms with E-state index >= 15 is 0 Å². The van der Waals surface area contributed by atoms with Gasteiger partial charge >= 0.3 is 0 Å². The van der Waals surface area contributed by atoms with Crippen molar-refractivity contribution < 1.29 is 19.8 Å². The molecule has 1 atom stereocenters. The van der Waals surface area contributed by atoms with Crippen molar-refractivity contribution in [2.24, 2.45) is 0 Å². The lowest BCUT2D eigenvalue weighted by atomic mass is 9.93. The summed E-state index contributed by atoms with van der Waals surface area (Å²) in [6.45, 7) is 2.05. The van der Waals surface area contributed by atoms with Crippen molar-refractivity contribution in [1.29, 1.82) is 0 Å². The fourth-order valence-electron chi connectivity index (χ4n) is 4.06. The van der Waals surface area contributed by atoms with Crippen LogP contribution in [0.25, 0.3) is 0 Å². The van der Waals surface area contributed by atoms with E-state index in [9.17, 15) is 19.8 Å². The molecule has 0 saturated carbocycles. The van der Waals surface area contributed by atoms with E-state index in [-0.39, 0.29) is 23.5 Å². The highest BCUT2D eigenvalue weighted by Gasteiger charge is 2.44. The summed E-state index contributed by atoms with van der Waals surface area (Å²) in [6, 6.07) is 22.8. The maximum Gasteiger partial charge on any atom is 0.294 e. The van der Waals surface area contributed by atoms with Crippen molar-refractivity contribution in [2.45, 2.75) is 32.2 Å². The van der Waals surface area contributed by atoms with Gasteiger partial charge in [-0.2, -0.15) is 0 Å². The van der Waals surface area contributed by atoms with Crippen LogP contribution < -0.4 is 4.90 Å². The van der Waals surface area contributed by atoms with Gasteiger partial charge in [0.25, 0.3) is 5.91 Å². The Labute approximate surface area is 187 Å². The Morgan fingerprint density at radius 2 is 1.53 bits per heavy atom. The fourth-order valence-corrected chi connectivity index (χ4v) is 4.06. The largest absolute Gasteiger partial charge is 0.508 e. The highest BCUT2D eigenvalue weighted by Crippen LogP contribution is 2.41. The van der Waals surface area contributed by atoms with Crippen LogP contribution >= 0.6 is 0 Å². The second-order valence-electron chi connectivity index (χ2n) is 7.86. The molecule has 0 fully saturated rings. The first-order valence-corrected chi connectivity index (χ1v) is 10.7. The second-order valence-corrected chi connectivity index (χ2v) is 7.86. The number of hydrogen-bond donors (Lipinski definition) is 2. The average Bonchev–Trinajstić information content (AvgIpc) is 3.09. The summed E-state index contributed by atoms with van der Waals surface area (Å²) in [4.78, 5) is 27.8. The van der Waals surface area contributed by atoms with E-state index in [0.29, 0.717) is 17.7 Å². The number of Topliss-reactive ketones (excluding diaryl/α,β-unsaturated/α-hetero) is 1. The van der Waals surface area contributed by atoms with E-state index < -0.39 is 17.7 Å². The zero-order valence-electron chi connectivity index (χ0n) is 17.9. The van der Waals surface area contributed by atoms with Gasteiger partial charge in [-0.25, -0.2) is 0 Å². The third-order valence-electron chi connectivity index (χ3n) is 5.82. The van der Waals surface area contributed by atoms with Gasteiger partial charge in [0.1, 0.15) is 5.75 Å². The zero-order chi connectivity index (χ0) is 22.7. The minimum Gasteiger partial charge on any atom is -0.508 e. The molecule has 32 heavy (non-hydrogen) atoms. The molecule has 0 saturated heterocycles. The van der Waals surface area contributed by atoms with Crippen LogP contribution in [0.15, 0.2) is 90.2 Å². The molecule has 1 unspecified atom stereocenters. The third-order valence-corrected chi connectivity index (χ3v) is 5.82. The minimum atomic E-state index is -0.765. The number of aromatic hydroxyl groups is 1. The van der Waals surface area contributed by atoms with E-state index in [2.05, 4.69) is 0 Å². The lowest BCUT2D eigenvalue weighted by Gasteiger charge is -2.27. The summed E-state index contributed by atoms with van der Waals surface area (Å²) >= 11 is 0. The summed E-state index contributed by atoms with van der Waals surface area (Å²) in [7, 11) is 0. The number of aliphatic hydroxyl groups is 1. The summed E-state index contributed by atoms with van der Waals surface area (Å²) < 4.78 is 0. The van der Waals surface area contributed by atoms with Crippen LogP contribution in [-0.2, 0) is 22.4 Å². The number of benzene rings is 3. The van der Waals surface area contributed by atoms with Gasteiger partial charge in [-0.05, 0) is 53.8 Å². The SMILES string of the molecule is CCc1ccc(N2C(=O)C(O)=C(C(=O)CCc3ccccc3)C2c2ccc(O)cc2)cc1. The van der Waals surface area contributed by atoms with Crippen LogP contribution in [0.4, 0.5) is 5.69 Å². The first-order valence-electron chi connectivity index (χ1n) is 10.7. The summed E-state index contributed by atoms with van der Waals surface area (Å²) in [5, 5.41) is 20.5. The molecule has 0 radical (unpaired) electrons. The molecule has 5 nitrogen and oxygen atoms in total. The highest BCUT2D eigenvalue weighted by molar-refractivity contribution is 6.16. The first-order chi connectivity index (χ1) is 15.5. The van der Waals surface area contributed by atoms with E-state index in [1.807, 2.05) is 61.5 Å². The minimum absolute atomic E-state index is 0.0853. The predicted octanol–water partition coefficient (Wildman–Crippen LogP) is 5.06. The average molecular weight is 428 g/mol. The van der Waals surface area contributed by atoms with Gasteiger partial charge < -0.3 is 10.2 Å². The van der Waals surface area contributed by atoms with Crippen LogP contribution in [0, 0.1) is 0 Å². The number of phenolic OH excluding ortho intramolecular Hbond substituents is 1. The van der Waals surface area contributed by atoms with Crippen molar-refractivity contribution in [1.82, 2.24) is 0 Å². The Morgan fingerprint density at radius 1 is 0.875 bits per heavy atom. The van der Waals surface area contributed by atoms with E-state index in [1.165, 1.54) is 17.0 Å². The maximum absolute atomic E-state index is 13.3. The molecule has 1 aliphatic rings. The normalized spacial score (nSPS) is 16.0. The molecule has 0 aliphatic carbocycles. The molecular weight excluding hydrogens is 402 g/mol. The number of nitrogens with zero attached hydrogens (tertiary/aromatic N) is 1. The molecule has 1 heterocycles. The molecule has 4 rings (SSSR count). The van der Waals surface area contributed by atoms with Gasteiger partial charge in [0.15, 0.2) is 11.5 Å². The van der Waals surface area contributed by atoms with Crippen LogP contribution in [0.5, 0.6) is 5.75 Å². The van der Waals surface area contributed by atoms with Crippen LogP contribution in [0.3, 0.4) is 0 Å². The number of carbonyl (C=O) groups is 2. The second kappa shape index (κ2) is 9.10. The molecule has 0 spiro atoms. The molecule has 162 valence electrons. The molecule has 0 aromatic heterocycles. The molecular formula is C27H25NO4. The lowest BCUT2D eigenvalue weighted by Crippen LogP contribution is -2.31. The summed E-state index contributed by atoms with van der Waals surface area (Å²) in [5.41, 5.74) is 3.47. The van der Waals surface area contributed by atoms with Gasteiger partial charge in [-0.3, -0.25) is 14.5 Å². The number of rotatable bonds is 7. The molecule has 5 heteroatoms. The Bertz CT molecular complexity index is 1150. The Kier molecular flexibility index (Phi) is 6.08. The number of aliphatic hydroxyl groups excluding tert-OH is 1. The smallest absolute Gasteiger partial charge is 0.294 e. The van der Waals surface area contributed by atoms with Crippen molar-refractivity contribution >= 4 is 17.4 Å². The Hall–Kier alpha value is -3.86. The van der Waals surface area contributed by atoms with Crippen LogP contribution in [-0.4, -0.2) is 21.9 Å². The van der Waals surface area contributed by atoms with Crippen molar-refractivity contribution in [3.63, 3.8) is 0 Å². The molecule has 3 aromatic rings. The van der Waals surface area contributed by atoms with Crippen molar-refractivity contribution in [2.75, 3.05) is 4.90 Å². The van der Waals surface area contributed by atoms with Crippen molar-refractivity contribution in [3.05, 3.63) is 107 Å². The Balaban J connectivity index is 1.71. The van der Waals surface area contributed by atoms with Gasteiger partial charge in [0.2, 0.25) is 0 Å². The zero-order valence-corrected chi connectivity index (χ0v) is 17.9. The number of ketones is 1. The number of anilines is 1. The lowest BCUT2D eigenvalue weighted by molar-refractivity contribution is -0.118. The highest BCUT2D eigenvalue weighted by atomic mass is 16.3. The fraction of sp³-hybridized carbons (Fsp3) is 0.185. The number of aryl methyl sites for hydroxylation is 2. The molecule has 1 amide bonds. The van der Waals surface area contributed by atoms with E-state index in [4.69, 9.17) is 0 Å². The number of amides is 1. The quantitative estimate of drug-likeness (QED) is 0.553. The number of phenols is 1. The number of hydrogen-bond acceptors (Lipinski definition) is 4. The maximum atomic E-state index is 13.3. The van der Waals surface area contributed by atoms with Gasteiger partial charge in [-0.15, -0.1) is 0 Å². The molecule has 2 N–H and O–H groups in total. The standard InChI is InChI=1S/C27H25NO4/c1-2-18-8-13-21(14-9-18)28-25(20-11-15-22(29)16-12-20)24(26(31)27(28)32)23(30)17-10-19-6-4-3-5-7-19/h3-9,11-16,25,29,31H,2,10,17H2,1H3. The summed E-state index contributed by atoms with van der Waals surface area (Å²) in [5.74, 6) is -1.30. The van der Waals surface area contributed by atoms with Crippen LogP contribution in [0.1, 0.15) is 36.1 Å². The monoisotopic (exact) mass is 427 g/mol. The van der Waals surface area contributed by atoms with Crippen LogP contribution in [0.2, 0.25) is 0 Å².